The van der Waals surface area contributed by atoms with Crippen LogP contribution in [0.2, 0.25) is 0 Å². The highest BCUT2D eigenvalue weighted by Gasteiger charge is 2.26. The highest BCUT2D eigenvalue weighted by Crippen LogP contribution is 2.20. The fourth-order valence-corrected chi connectivity index (χ4v) is 3.31. The molecule has 1 atom stereocenters. The molecule has 1 unspecified atom stereocenters. The molecule has 4 rings (SSSR count). The van der Waals surface area contributed by atoms with Crippen molar-refractivity contribution in [2.75, 3.05) is 19.7 Å². The molecule has 1 aromatic carbocycles. The van der Waals surface area contributed by atoms with Crippen molar-refractivity contribution in [3.63, 3.8) is 0 Å². The maximum atomic E-state index is 12.6. The summed E-state index contributed by atoms with van der Waals surface area (Å²) in [5, 5.41) is 14.5. The Labute approximate surface area is 145 Å². The van der Waals surface area contributed by atoms with Crippen molar-refractivity contribution in [1.82, 2.24) is 19.7 Å². The summed E-state index contributed by atoms with van der Waals surface area (Å²) < 4.78 is 1.84. The lowest BCUT2D eigenvalue weighted by atomic mass is 10.1. The largest absolute Gasteiger partial charge is 0.396 e. The van der Waals surface area contributed by atoms with Crippen molar-refractivity contribution in [3.05, 3.63) is 59.9 Å². The predicted octanol–water partition coefficient (Wildman–Crippen LogP) is 1.93. The maximum Gasteiger partial charge on any atom is 0.255 e. The first-order chi connectivity index (χ1) is 12.2. The summed E-state index contributed by atoms with van der Waals surface area (Å²) in [7, 11) is 0. The van der Waals surface area contributed by atoms with Crippen LogP contribution in [0, 0.1) is 5.92 Å². The second-order valence-electron chi connectivity index (χ2n) is 6.51. The SMILES string of the molecule is O=C(c1cnc2c(cnn2Cc2ccccc2)c1)N1CCC(CO)C1. The molecule has 0 saturated carbocycles. The Bertz CT molecular complexity index is 891. The van der Waals surface area contributed by atoms with Crippen molar-refractivity contribution in [2.24, 2.45) is 5.92 Å². The normalized spacial score (nSPS) is 17.3. The van der Waals surface area contributed by atoms with E-state index in [-0.39, 0.29) is 18.4 Å². The number of nitrogens with zero attached hydrogens (tertiary/aromatic N) is 4. The first-order valence-electron chi connectivity index (χ1n) is 8.50. The van der Waals surface area contributed by atoms with Crippen molar-refractivity contribution in [2.45, 2.75) is 13.0 Å². The zero-order valence-corrected chi connectivity index (χ0v) is 13.9. The van der Waals surface area contributed by atoms with Crippen LogP contribution in [0.4, 0.5) is 0 Å². The van der Waals surface area contributed by atoms with E-state index in [1.165, 1.54) is 0 Å². The lowest BCUT2D eigenvalue weighted by Gasteiger charge is -2.16. The highest BCUT2D eigenvalue weighted by molar-refractivity contribution is 5.97. The standard InChI is InChI=1S/C19H20N4O2/c24-13-15-6-7-22(11-15)19(25)17-8-16-10-21-23(18(16)20-9-17)12-14-4-2-1-3-5-14/h1-5,8-10,15,24H,6-7,11-13H2. The molecule has 1 N–H and O–H groups in total. The molecule has 1 fully saturated rings. The van der Waals surface area contributed by atoms with Gasteiger partial charge in [-0.05, 0) is 18.1 Å². The van der Waals surface area contributed by atoms with E-state index in [0.717, 1.165) is 23.0 Å². The van der Waals surface area contributed by atoms with Gasteiger partial charge in [0, 0.05) is 37.2 Å². The van der Waals surface area contributed by atoms with E-state index in [9.17, 15) is 9.90 Å². The van der Waals surface area contributed by atoms with Crippen LogP contribution in [-0.2, 0) is 6.54 Å². The summed E-state index contributed by atoms with van der Waals surface area (Å²) >= 11 is 0. The van der Waals surface area contributed by atoms with Gasteiger partial charge in [-0.25, -0.2) is 9.67 Å². The van der Waals surface area contributed by atoms with Crippen LogP contribution in [0.1, 0.15) is 22.3 Å². The van der Waals surface area contributed by atoms with Crippen LogP contribution in [0.15, 0.2) is 48.8 Å². The van der Waals surface area contributed by atoms with Crippen LogP contribution in [-0.4, -0.2) is 50.4 Å². The molecule has 0 radical (unpaired) electrons. The minimum atomic E-state index is -0.0267. The summed E-state index contributed by atoms with van der Waals surface area (Å²) in [6.07, 6.45) is 4.23. The van der Waals surface area contributed by atoms with Crippen LogP contribution < -0.4 is 0 Å². The van der Waals surface area contributed by atoms with E-state index >= 15 is 0 Å². The van der Waals surface area contributed by atoms with Crippen LogP contribution >= 0.6 is 0 Å². The Balaban J connectivity index is 1.56. The number of hydrogen-bond acceptors (Lipinski definition) is 4. The van der Waals surface area contributed by atoms with E-state index in [0.29, 0.717) is 25.2 Å². The van der Waals surface area contributed by atoms with Crippen LogP contribution in [0.3, 0.4) is 0 Å². The summed E-state index contributed by atoms with van der Waals surface area (Å²) in [5.41, 5.74) is 2.50. The van der Waals surface area contributed by atoms with Gasteiger partial charge in [0.25, 0.3) is 5.91 Å². The number of aromatic nitrogens is 3. The molecular weight excluding hydrogens is 316 g/mol. The first-order valence-corrected chi connectivity index (χ1v) is 8.50. The predicted molar refractivity (Wildman–Crippen MR) is 94.2 cm³/mol. The number of aliphatic hydroxyl groups excluding tert-OH is 1. The van der Waals surface area contributed by atoms with E-state index in [1.807, 2.05) is 28.9 Å². The number of pyridine rings is 1. The molecule has 1 aliphatic heterocycles. The van der Waals surface area contributed by atoms with Gasteiger partial charge in [0.05, 0.1) is 18.3 Å². The summed E-state index contributed by atoms with van der Waals surface area (Å²) in [5.74, 6) is 0.162. The fraction of sp³-hybridized carbons (Fsp3) is 0.316. The van der Waals surface area contributed by atoms with Gasteiger partial charge in [-0.15, -0.1) is 0 Å². The lowest BCUT2D eigenvalue weighted by molar-refractivity contribution is 0.0781. The lowest BCUT2D eigenvalue weighted by Crippen LogP contribution is -2.29. The topological polar surface area (TPSA) is 71.2 Å². The molecule has 0 spiro atoms. The molecule has 128 valence electrons. The molecule has 1 saturated heterocycles. The zero-order chi connectivity index (χ0) is 17.2. The molecule has 0 bridgehead atoms. The molecule has 0 aliphatic carbocycles. The minimum Gasteiger partial charge on any atom is -0.396 e. The van der Waals surface area contributed by atoms with Gasteiger partial charge >= 0.3 is 0 Å². The Morgan fingerprint density at radius 1 is 1.24 bits per heavy atom. The van der Waals surface area contributed by atoms with E-state index in [1.54, 1.807) is 17.3 Å². The Hall–Kier alpha value is -2.73. The molecule has 3 aromatic rings. The van der Waals surface area contributed by atoms with Gasteiger partial charge in [0.15, 0.2) is 5.65 Å². The molecule has 25 heavy (non-hydrogen) atoms. The van der Waals surface area contributed by atoms with Crippen molar-refractivity contribution in [3.8, 4) is 0 Å². The second-order valence-corrected chi connectivity index (χ2v) is 6.51. The number of aliphatic hydroxyl groups is 1. The molecule has 3 heterocycles. The van der Waals surface area contributed by atoms with Gasteiger partial charge in [-0.2, -0.15) is 5.10 Å². The number of carbonyl (C=O) groups is 1. The Kier molecular flexibility index (Phi) is 4.19. The van der Waals surface area contributed by atoms with Gasteiger partial charge in [-0.1, -0.05) is 30.3 Å². The summed E-state index contributed by atoms with van der Waals surface area (Å²) in [6.45, 7) is 2.08. The van der Waals surface area contributed by atoms with E-state index < -0.39 is 0 Å². The van der Waals surface area contributed by atoms with Gasteiger partial charge in [0.2, 0.25) is 0 Å². The third kappa shape index (κ3) is 3.13. The number of fused-ring (bicyclic) bond motifs is 1. The number of rotatable bonds is 4. The number of carbonyl (C=O) groups excluding carboxylic acids is 1. The fourth-order valence-electron chi connectivity index (χ4n) is 3.31. The number of hydrogen-bond donors (Lipinski definition) is 1. The third-order valence-electron chi connectivity index (χ3n) is 4.73. The quantitative estimate of drug-likeness (QED) is 0.790. The first kappa shape index (κ1) is 15.8. The Morgan fingerprint density at radius 2 is 2.08 bits per heavy atom. The van der Waals surface area contributed by atoms with Crippen LogP contribution in [0.25, 0.3) is 11.0 Å². The smallest absolute Gasteiger partial charge is 0.255 e. The van der Waals surface area contributed by atoms with E-state index in [2.05, 4.69) is 22.2 Å². The minimum absolute atomic E-state index is 0.0267. The second kappa shape index (κ2) is 6.64. The van der Waals surface area contributed by atoms with Crippen molar-refractivity contribution >= 4 is 16.9 Å². The number of likely N-dealkylation sites (tertiary alicyclic amines) is 1. The van der Waals surface area contributed by atoms with Gasteiger partial charge in [-0.3, -0.25) is 4.79 Å². The van der Waals surface area contributed by atoms with Gasteiger partial charge in [0.1, 0.15) is 0 Å². The monoisotopic (exact) mass is 336 g/mol. The highest BCUT2D eigenvalue weighted by atomic mass is 16.3. The summed E-state index contributed by atoms with van der Waals surface area (Å²) in [4.78, 5) is 18.9. The van der Waals surface area contributed by atoms with E-state index in [4.69, 9.17) is 0 Å². The third-order valence-corrected chi connectivity index (χ3v) is 4.73. The van der Waals surface area contributed by atoms with Crippen molar-refractivity contribution in [1.29, 1.82) is 0 Å². The number of amides is 1. The molecular formula is C19H20N4O2. The number of benzene rings is 1. The average Bonchev–Trinajstić information content (AvgIpc) is 3.29. The maximum absolute atomic E-state index is 12.6. The molecule has 6 heteroatoms. The molecule has 6 nitrogen and oxygen atoms in total. The Morgan fingerprint density at radius 3 is 2.84 bits per heavy atom. The zero-order valence-electron chi connectivity index (χ0n) is 13.9. The average molecular weight is 336 g/mol. The van der Waals surface area contributed by atoms with Crippen LogP contribution in [0.5, 0.6) is 0 Å². The molecule has 1 aliphatic rings. The summed E-state index contributed by atoms with van der Waals surface area (Å²) in [6, 6.07) is 11.9. The van der Waals surface area contributed by atoms with Crippen molar-refractivity contribution < 1.29 is 9.90 Å². The van der Waals surface area contributed by atoms with Gasteiger partial charge < -0.3 is 10.0 Å². The molecule has 1 amide bonds. The molecule has 2 aromatic heterocycles.